The van der Waals surface area contributed by atoms with E-state index in [2.05, 4.69) is 29.7 Å². The summed E-state index contributed by atoms with van der Waals surface area (Å²) in [6.07, 6.45) is 3.52. The maximum absolute atomic E-state index is 12.0. The van der Waals surface area contributed by atoms with E-state index in [0.717, 1.165) is 24.8 Å². The van der Waals surface area contributed by atoms with Gasteiger partial charge in [0.2, 0.25) is 5.91 Å². The lowest BCUT2D eigenvalue weighted by atomic mass is 10.1. The molecule has 25 heavy (non-hydrogen) atoms. The van der Waals surface area contributed by atoms with Gasteiger partial charge in [-0.05, 0) is 35.6 Å². The molecule has 2 amide bonds. The van der Waals surface area contributed by atoms with Crippen LogP contribution in [0.2, 0.25) is 0 Å². The largest absolute Gasteiger partial charge is 0.321 e. The topological polar surface area (TPSA) is 70.2 Å². The number of anilines is 1. The summed E-state index contributed by atoms with van der Waals surface area (Å²) in [5.41, 5.74) is 7.62. The van der Waals surface area contributed by atoms with Crippen molar-refractivity contribution in [3.8, 4) is 0 Å². The van der Waals surface area contributed by atoms with Crippen molar-refractivity contribution in [1.82, 2.24) is 10.9 Å². The predicted molar refractivity (Wildman–Crippen MR) is 103 cm³/mol. The Morgan fingerprint density at radius 3 is 2.48 bits per heavy atom. The van der Waals surface area contributed by atoms with E-state index in [4.69, 9.17) is 0 Å². The van der Waals surface area contributed by atoms with Gasteiger partial charge in [-0.1, -0.05) is 44.5 Å². The molecule has 0 spiro atoms. The number of amides is 2. The van der Waals surface area contributed by atoms with Gasteiger partial charge in [0.05, 0.1) is 10.6 Å². The van der Waals surface area contributed by atoms with Crippen LogP contribution < -0.4 is 16.2 Å². The summed E-state index contributed by atoms with van der Waals surface area (Å²) in [6.45, 7) is 6.01. The lowest BCUT2D eigenvalue weighted by Crippen LogP contribution is -2.35. The van der Waals surface area contributed by atoms with Crippen LogP contribution in [-0.4, -0.2) is 11.8 Å². The number of carbonyl (C=O) groups is 2. The van der Waals surface area contributed by atoms with Crippen molar-refractivity contribution in [3.05, 3.63) is 58.8 Å². The highest BCUT2D eigenvalue weighted by molar-refractivity contribution is 7.12. The molecule has 0 aliphatic heterocycles. The van der Waals surface area contributed by atoms with Gasteiger partial charge in [0, 0.05) is 12.1 Å². The molecule has 2 rings (SSSR count). The Bertz CT molecular complexity index is 709. The Morgan fingerprint density at radius 2 is 1.84 bits per heavy atom. The van der Waals surface area contributed by atoms with Crippen LogP contribution in [0.15, 0.2) is 48.4 Å². The quantitative estimate of drug-likeness (QED) is 0.466. The highest BCUT2D eigenvalue weighted by Gasteiger charge is 2.07. The molecule has 1 heterocycles. The van der Waals surface area contributed by atoms with E-state index in [1.165, 1.54) is 11.3 Å². The SMILES string of the molecule is C=C(NNC(=O)CCCCC)c1ccc(NC(=O)c2cccs2)cc1. The second-order valence-electron chi connectivity index (χ2n) is 5.62. The van der Waals surface area contributed by atoms with Gasteiger partial charge in [0.25, 0.3) is 5.91 Å². The molecule has 0 radical (unpaired) electrons. The molecule has 5 nitrogen and oxygen atoms in total. The predicted octanol–water partition coefficient (Wildman–Crippen LogP) is 4.17. The molecule has 0 aliphatic rings. The van der Waals surface area contributed by atoms with Gasteiger partial charge in [-0.15, -0.1) is 11.3 Å². The first-order valence-corrected chi connectivity index (χ1v) is 9.17. The van der Waals surface area contributed by atoms with Crippen molar-refractivity contribution in [1.29, 1.82) is 0 Å². The van der Waals surface area contributed by atoms with Gasteiger partial charge in [0.15, 0.2) is 0 Å². The van der Waals surface area contributed by atoms with Crippen LogP contribution in [0.5, 0.6) is 0 Å². The summed E-state index contributed by atoms with van der Waals surface area (Å²) in [6, 6.07) is 10.9. The molecule has 0 aliphatic carbocycles. The third kappa shape index (κ3) is 6.08. The van der Waals surface area contributed by atoms with Crippen LogP contribution in [0.4, 0.5) is 5.69 Å². The molecular formula is C19H23N3O2S. The number of hydrogen-bond acceptors (Lipinski definition) is 4. The zero-order valence-corrected chi connectivity index (χ0v) is 15.1. The molecule has 0 unspecified atom stereocenters. The fraction of sp³-hybridized carbons (Fsp3) is 0.263. The third-order valence-corrected chi connectivity index (χ3v) is 4.47. The molecule has 1 aromatic carbocycles. The van der Waals surface area contributed by atoms with E-state index in [1.807, 2.05) is 23.6 Å². The summed E-state index contributed by atoms with van der Waals surface area (Å²) in [4.78, 5) is 24.3. The van der Waals surface area contributed by atoms with Crippen LogP contribution in [0.1, 0.15) is 47.8 Å². The van der Waals surface area contributed by atoms with Gasteiger partial charge >= 0.3 is 0 Å². The number of nitrogens with one attached hydrogen (secondary N) is 3. The van der Waals surface area contributed by atoms with Crippen LogP contribution in [-0.2, 0) is 4.79 Å². The van der Waals surface area contributed by atoms with Crippen LogP contribution in [0, 0.1) is 0 Å². The van der Waals surface area contributed by atoms with Gasteiger partial charge in [-0.25, -0.2) is 0 Å². The minimum absolute atomic E-state index is 0.0468. The Kier molecular flexibility index (Phi) is 7.22. The first-order valence-electron chi connectivity index (χ1n) is 8.29. The minimum atomic E-state index is -0.126. The zero-order chi connectivity index (χ0) is 18.1. The second kappa shape index (κ2) is 9.64. The van der Waals surface area contributed by atoms with Crippen molar-refractivity contribution in [2.24, 2.45) is 0 Å². The first-order chi connectivity index (χ1) is 12.1. The third-order valence-electron chi connectivity index (χ3n) is 3.60. The minimum Gasteiger partial charge on any atom is -0.321 e. The fourth-order valence-electron chi connectivity index (χ4n) is 2.17. The van der Waals surface area contributed by atoms with Gasteiger partial charge in [0.1, 0.15) is 0 Å². The van der Waals surface area contributed by atoms with E-state index in [9.17, 15) is 9.59 Å². The highest BCUT2D eigenvalue weighted by Crippen LogP contribution is 2.16. The smallest absolute Gasteiger partial charge is 0.265 e. The average Bonchev–Trinajstić information content (AvgIpc) is 3.15. The molecule has 0 fully saturated rings. The van der Waals surface area contributed by atoms with E-state index in [1.54, 1.807) is 18.2 Å². The van der Waals surface area contributed by atoms with Crippen LogP contribution >= 0.6 is 11.3 Å². The molecule has 0 saturated carbocycles. The maximum Gasteiger partial charge on any atom is 0.265 e. The van der Waals surface area contributed by atoms with Crippen LogP contribution in [0.25, 0.3) is 5.70 Å². The number of carbonyl (C=O) groups excluding carboxylic acids is 2. The van der Waals surface area contributed by atoms with E-state index < -0.39 is 0 Å². The number of hydrogen-bond donors (Lipinski definition) is 3. The molecule has 6 heteroatoms. The normalized spacial score (nSPS) is 10.1. The molecule has 0 saturated heterocycles. The highest BCUT2D eigenvalue weighted by atomic mass is 32.1. The molecule has 0 bridgehead atoms. The van der Waals surface area contributed by atoms with Crippen molar-refractivity contribution >= 4 is 34.5 Å². The van der Waals surface area contributed by atoms with Gasteiger partial charge in [-0.2, -0.15) is 0 Å². The van der Waals surface area contributed by atoms with Gasteiger partial charge in [-0.3, -0.25) is 20.4 Å². The maximum atomic E-state index is 12.0. The molecule has 132 valence electrons. The number of hydrazine groups is 1. The van der Waals surface area contributed by atoms with E-state index in [-0.39, 0.29) is 11.8 Å². The summed E-state index contributed by atoms with van der Waals surface area (Å²) in [7, 11) is 0. The summed E-state index contributed by atoms with van der Waals surface area (Å²) in [5, 5.41) is 4.71. The fourth-order valence-corrected chi connectivity index (χ4v) is 2.79. The van der Waals surface area contributed by atoms with E-state index >= 15 is 0 Å². The average molecular weight is 357 g/mol. The summed E-state index contributed by atoms with van der Waals surface area (Å²) >= 11 is 1.40. The second-order valence-corrected chi connectivity index (χ2v) is 6.57. The number of benzene rings is 1. The lowest BCUT2D eigenvalue weighted by molar-refractivity contribution is -0.121. The molecule has 0 atom stereocenters. The molecule has 1 aromatic heterocycles. The molecule has 2 aromatic rings. The first kappa shape index (κ1) is 18.7. The Balaban J connectivity index is 1.81. The summed E-state index contributed by atoms with van der Waals surface area (Å²) in [5.74, 6) is -0.173. The zero-order valence-electron chi connectivity index (χ0n) is 14.3. The molecular weight excluding hydrogens is 334 g/mol. The Morgan fingerprint density at radius 1 is 1.08 bits per heavy atom. The standard InChI is InChI=1S/C19H23N3O2S/c1-3-4-5-8-18(23)22-21-14(2)15-9-11-16(12-10-15)20-19(24)17-7-6-13-25-17/h6-7,9-13,21H,2-5,8H2,1H3,(H,20,24)(H,22,23). The van der Waals surface area contributed by atoms with E-state index in [0.29, 0.717) is 22.7 Å². The number of unbranched alkanes of at least 4 members (excludes halogenated alkanes) is 2. The van der Waals surface area contributed by atoms with Crippen molar-refractivity contribution in [3.63, 3.8) is 0 Å². The van der Waals surface area contributed by atoms with Crippen molar-refractivity contribution in [2.45, 2.75) is 32.6 Å². The lowest BCUT2D eigenvalue weighted by Gasteiger charge is -2.12. The Labute approximate surface area is 152 Å². The molecule has 3 N–H and O–H groups in total. The summed E-state index contributed by atoms with van der Waals surface area (Å²) < 4.78 is 0. The monoisotopic (exact) mass is 357 g/mol. The van der Waals surface area contributed by atoms with Crippen LogP contribution in [0.3, 0.4) is 0 Å². The number of thiophene rings is 1. The number of rotatable bonds is 9. The van der Waals surface area contributed by atoms with Gasteiger partial charge < -0.3 is 5.32 Å². The van der Waals surface area contributed by atoms with Crippen molar-refractivity contribution in [2.75, 3.05) is 5.32 Å². The Hall–Kier alpha value is -2.60. The van der Waals surface area contributed by atoms with Crippen molar-refractivity contribution < 1.29 is 9.59 Å².